The van der Waals surface area contributed by atoms with Crippen LogP contribution in [0.1, 0.15) is 34.1 Å². The minimum absolute atomic E-state index is 0.0625. The Balaban J connectivity index is -0.000000277. The van der Waals surface area contributed by atoms with Crippen LogP contribution in [0.5, 0.6) is 0 Å². The van der Waals surface area contributed by atoms with E-state index < -0.39 is 0 Å². The van der Waals surface area contributed by atoms with E-state index in [1.54, 1.807) is 0 Å². The summed E-state index contributed by atoms with van der Waals surface area (Å²) < 4.78 is 0. The van der Waals surface area contributed by atoms with Crippen LogP contribution in [0.3, 0.4) is 0 Å². The summed E-state index contributed by atoms with van der Waals surface area (Å²) in [6.45, 7) is 7.57. The quantitative estimate of drug-likeness (QED) is 0.288. The molecular formula is C7H27O2P11. The first-order valence-corrected chi connectivity index (χ1v) is 24.7. The second-order valence-electron chi connectivity index (χ2n) is 3.08. The predicted octanol–water partition coefficient (Wildman–Crippen LogP) is 7.57. The highest BCUT2D eigenvalue weighted by Crippen LogP contribution is 3.12. The fourth-order valence-corrected chi connectivity index (χ4v) is 96.0. The van der Waals surface area contributed by atoms with Gasteiger partial charge in [-0.1, -0.05) is 21.8 Å². The van der Waals surface area contributed by atoms with E-state index in [0.29, 0.717) is 0 Å². The normalized spacial score (nSPS) is 12.1. The van der Waals surface area contributed by atoms with Crippen molar-refractivity contribution in [3.8, 4) is 0 Å². The molecule has 0 amide bonds. The second kappa shape index (κ2) is 19.4. The smallest absolute Gasteiger partial charge is 0.137 e. The molecule has 0 fully saturated rings. The average Bonchev–Trinajstić information content (AvgIpc) is 2.29. The molecule has 0 aliphatic heterocycles. The van der Waals surface area contributed by atoms with Crippen LogP contribution in [-0.2, 0) is 9.59 Å². The topological polar surface area (TPSA) is 34.1 Å². The summed E-state index contributed by atoms with van der Waals surface area (Å²) >= 11 is 0. The molecule has 0 N–H and O–H groups in total. The summed E-state index contributed by atoms with van der Waals surface area (Å²) in [5.41, 5.74) is 0. The van der Waals surface area contributed by atoms with Gasteiger partial charge in [0.15, 0.2) is 0 Å². The molecule has 0 saturated carbocycles. The second-order valence-corrected chi connectivity index (χ2v) is 42.1. The molecule has 0 heterocycles. The molecule has 0 radical (unpaired) electrons. The molecule has 122 valence electrons. The van der Waals surface area contributed by atoms with Crippen molar-refractivity contribution in [2.45, 2.75) is 34.1 Å². The van der Waals surface area contributed by atoms with E-state index >= 15 is 0 Å². The van der Waals surface area contributed by atoms with Crippen molar-refractivity contribution in [2.75, 3.05) is 0 Å². The number of rotatable bonds is 6. The van der Waals surface area contributed by atoms with Crippen molar-refractivity contribution >= 4 is 101 Å². The van der Waals surface area contributed by atoms with Crippen LogP contribution in [0.4, 0.5) is 0 Å². The molecule has 13 heteroatoms. The van der Waals surface area contributed by atoms with E-state index in [9.17, 15) is 9.59 Å². The zero-order valence-electron chi connectivity index (χ0n) is 12.3. The standard InChI is InChI=1S/C5H8O2.C2H6.H13P11/c1-4(6)3-5(2)7;1-2;1-7-10(6)11(8(2)3)9(4)5/h3H2,1-2H3;1-2H3;7H,1-6H2. The lowest BCUT2D eigenvalue weighted by Gasteiger charge is -2.29. The maximum atomic E-state index is 10.0. The van der Waals surface area contributed by atoms with Crippen LogP contribution in [0.25, 0.3) is 0 Å². The van der Waals surface area contributed by atoms with Crippen molar-refractivity contribution in [1.82, 2.24) is 0 Å². The van der Waals surface area contributed by atoms with E-state index in [1.807, 2.05) is 13.8 Å². The summed E-state index contributed by atoms with van der Waals surface area (Å²) in [4.78, 5) is 20.1. The third-order valence-corrected chi connectivity index (χ3v) is 60.3. The van der Waals surface area contributed by atoms with Gasteiger partial charge in [0, 0.05) is 0 Å². The Bertz CT molecular complexity index is 239. The maximum Gasteiger partial charge on any atom is 0.137 e. The Kier molecular flexibility index (Phi) is 28.0. The molecule has 0 aliphatic carbocycles. The summed E-state index contributed by atoms with van der Waals surface area (Å²) in [5, 5.41) is 0. The van der Waals surface area contributed by atoms with Gasteiger partial charge in [0.25, 0.3) is 0 Å². The fourth-order valence-electron chi connectivity index (χ4n) is 0.744. The van der Waals surface area contributed by atoms with Gasteiger partial charge in [-0.25, -0.2) is 0 Å². The molecule has 0 bridgehead atoms. The predicted molar refractivity (Wildman–Crippen MR) is 132 cm³/mol. The Morgan fingerprint density at radius 3 is 1.25 bits per heavy atom. The van der Waals surface area contributed by atoms with Gasteiger partial charge in [-0.05, 0) is 41.8 Å². The Morgan fingerprint density at radius 2 is 1.20 bits per heavy atom. The van der Waals surface area contributed by atoms with Gasteiger partial charge in [0.1, 0.15) is 11.6 Å². The lowest BCUT2D eigenvalue weighted by Crippen LogP contribution is -1.97. The van der Waals surface area contributed by atoms with Gasteiger partial charge in [-0.2, -0.15) is 0 Å². The lowest BCUT2D eigenvalue weighted by molar-refractivity contribution is -0.124. The minimum atomic E-state index is -0.0625. The molecule has 0 aromatic rings. The van der Waals surface area contributed by atoms with Crippen LogP contribution < -0.4 is 0 Å². The molecule has 0 rings (SSSR count). The van der Waals surface area contributed by atoms with E-state index in [1.165, 1.54) is 13.8 Å². The average molecular weight is 484 g/mol. The fraction of sp³-hybridized carbons (Fsp3) is 0.714. The van der Waals surface area contributed by atoms with Crippen LogP contribution in [0.2, 0.25) is 0 Å². The highest BCUT2D eigenvalue weighted by molar-refractivity contribution is 9.18. The van der Waals surface area contributed by atoms with Gasteiger partial charge in [0.05, 0.1) is 6.42 Å². The van der Waals surface area contributed by atoms with Crippen molar-refractivity contribution in [2.24, 2.45) is 0 Å². The van der Waals surface area contributed by atoms with Crippen LogP contribution in [0, 0.1) is 0 Å². The Morgan fingerprint density at radius 1 is 0.900 bits per heavy atom. The van der Waals surface area contributed by atoms with E-state index in [2.05, 4.69) is 53.6 Å². The third-order valence-electron chi connectivity index (χ3n) is 1.24. The van der Waals surface area contributed by atoms with Gasteiger partial charge < -0.3 is 0 Å². The van der Waals surface area contributed by atoms with E-state index in [0.717, 1.165) is 7.96 Å². The molecule has 0 spiro atoms. The monoisotopic (exact) mass is 484 g/mol. The van der Waals surface area contributed by atoms with Crippen LogP contribution >= 0.6 is 89.5 Å². The molecule has 8 unspecified atom stereocenters. The SMILES string of the molecule is CC.CC(=O)CC(C)=O.PPP(P)P(P(P)P)P(P)P. The number of carbonyl (C=O) groups is 2. The minimum Gasteiger partial charge on any atom is -0.300 e. The van der Waals surface area contributed by atoms with Gasteiger partial charge in [-0.3, -0.25) is 9.59 Å². The van der Waals surface area contributed by atoms with Gasteiger partial charge in [-0.15, -0.1) is 53.6 Å². The summed E-state index contributed by atoms with van der Waals surface area (Å²) in [7, 11) is 18.9. The largest absolute Gasteiger partial charge is 0.300 e. The van der Waals surface area contributed by atoms with Crippen LogP contribution in [0.15, 0.2) is 0 Å². The van der Waals surface area contributed by atoms with Gasteiger partial charge >= 0.3 is 0 Å². The van der Waals surface area contributed by atoms with Crippen molar-refractivity contribution < 1.29 is 9.59 Å². The first-order valence-electron chi connectivity index (χ1n) is 5.52. The van der Waals surface area contributed by atoms with E-state index in [-0.39, 0.29) is 45.9 Å². The molecule has 0 aliphatic rings. The third kappa shape index (κ3) is 20.1. The summed E-state index contributed by atoms with van der Waals surface area (Å²) in [6, 6.07) is 0. The number of carbonyl (C=O) groups excluding carboxylic acids is 2. The molecule has 8 atom stereocenters. The van der Waals surface area contributed by atoms with E-state index in [4.69, 9.17) is 0 Å². The zero-order valence-corrected chi connectivity index (χ0v) is 23.8. The van der Waals surface area contributed by atoms with Crippen molar-refractivity contribution in [1.29, 1.82) is 0 Å². The molecular weight excluding hydrogens is 457 g/mol. The Labute approximate surface area is 144 Å². The molecule has 0 aromatic carbocycles. The highest BCUT2D eigenvalue weighted by atomic mass is 33.2. The first-order chi connectivity index (χ1) is 9.13. The molecule has 2 nitrogen and oxygen atoms in total. The van der Waals surface area contributed by atoms with Crippen molar-refractivity contribution in [3.63, 3.8) is 0 Å². The molecule has 0 aromatic heterocycles. The first kappa shape index (κ1) is 28.9. The number of Topliss-reactive ketones (excluding diaryl/α,β-unsaturated/α-hetero) is 2. The van der Waals surface area contributed by atoms with Crippen molar-refractivity contribution in [3.05, 3.63) is 0 Å². The summed E-state index contributed by atoms with van der Waals surface area (Å²) in [5.74, 6) is -0.125. The summed E-state index contributed by atoms with van der Waals surface area (Å²) in [6.07, 6.45) is 0.0833. The molecule has 20 heavy (non-hydrogen) atoms. The number of hydrogen-bond donors (Lipinski definition) is 0. The highest BCUT2D eigenvalue weighted by Gasteiger charge is 2.22. The molecule has 0 saturated heterocycles. The number of ketones is 2. The zero-order chi connectivity index (χ0) is 16.9. The Hall–Kier alpha value is 4.07. The lowest BCUT2D eigenvalue weighted by atomic mass is 10.2. The number of hydrogen-bond acceptors (Lipinski definition) is 2. The van der Waals surface area contributed by atoms with Crippen LogP contribution in [-0.4, -0.2) is 11.6 Å². The maximum absolute atomic E-state index is 10.0. The van der Waals surface area contributed by atoms with Gasteiger partial charge in [0.2, 0.25) is 0 Å².